The maximum absolute atomic E-state index is 11.4. The van der Waals surface area contributed by atoms with Gasteiger partial charge in [0.15, 0.2) is 0 Å². The number of hydrogen-bond acceptors (Lipinski definition) is 4. The van der Waals surface area contributed by atoms with Crippen molar-refractivity contribution in [3.05, 3.63) is 46.0 Å². The van der Waals surface area contributed by atoms with E-state index in [1.807, 2.05) is 30.3 Å². The third-order valence-electron chi connectivity index (χ3n) is 3.47. The van der Waals surface area contributed by atoms with E-state index in [1.54, 1.807) is 0 Å². The first-order chi connectivity index (χ1) is 9.16. The van der Waals surface area contributed by atoms with Crippen LogP contribution in [0.1, 0.15) is 37.2 Å². The SMILES string of the molecule is O=C(C[N+](=O)[O-])O[C@H]1CCCC[C@@H]1c1ccccc1. The molecule has 1 fully saturated rings. The molecular weight excluding hydrogens is 246 g/mol. The lowest BCUT2D eigenvalue weighted by molar-refractivity contribution is -0.470. The molecule has 5 nitrogen and oxygen atoms in total. The Balaban J connectivity index is 2.04. The number of hydrogen-bond donors (Lipinski definition) is 0. The second-order valence-corrected chi connectivity index (χ2v) is 4.82. The second-order valence-electron chi connectivity index (χ2n) is 4.82. The minimum atomic E-state index is -0.752. The molecule has 0 aromatic heterocycles. The first-order valence-electron chi connectivity index (χ1n) is 6.53. The molecule has 0 saturated heterocycles. The zero-order chi connectivity index (χ0) is 13.7. The van der Waals surface area contributed by atoms with Crippen molar-refractivity contribution in [3.8, 4) is 0 Å². The van der Waals surface area contributed by atoms with Crippen LogP contribution in [0, 0.1) is 10.1 Å². The first kappa shape index (κ1) is 13.5. The van der Waals surface area contributed by atoms with Crippen LogP contribution in [0.25, 0.3) is 0 Å². The molecule has 0 unspecified atom stereocenters. The largest absolute Gasteiger partial charge is 0.457 e. The van der Waals surface area contributed by atoms with Crippen molar-refractivity contribution < 1.29 is 14.5 Å². The Bertz CT molecular complexity index is 446. The Morgan fingerprint density at radius 3 is 2.63 bits per heavy atom. The Hall–Kier alpha value is -1.91. The summed E-state index contributed by atoms with van der Waals surface area (Å²) in [4.78, 5) is 21.1. The van der Waals surface area contributed by atoms with Crippen molar-refractivity contribution in [2.45, 2.75) is 37.7 Å². The van der Waals surface area contributed by atoms with E-state index >= 15 is 0 Å². The van der Waals surface area contributed by atoms with Gasteiger partial charge in [-0.3, -0.25) is 10.1 Å². The molecule has 1 aliphatic carbocycles. The van der Waals surface area contributed by atoms with E-state index in [0.29, 0.717) is 0 Å². The number of esters is 1. The molecule has 0 amide bonds. The number of ether oxygens (including phenoxy) is 1. The lowest BCUT2D eigenvalue weighted by Gasteiger charge is -2.31. The molecule has 1 aliphatic rings. The summed E-state index contributed by atoms with van der Waals surface area (Å²) in [6, 6.07) is 9.90. The molecule has 0 bridgehead atoms. The summed E-state index contributed by atoms with van der Waals surface area (Å²) in [5, 5.41) is 10.3. The van der Waals surface area contributed by atoms with Gasteiger partial charge in [-0.1, -0.05) is 36.8 Å². The number of rotatable bonds is 4. The van der Waals surface area contributed by atoms with Gasteiger partial charge in [-0.15, -0.1) is 0 Å². The van der Waals surface area contributed by atoms with Crippen LogP contribution in [-0.4, -0.2) is 23.5 Å². The van der Waals surface area contributed by atoms with Crippen molar-refractivity contribution >= 4 is 5.97 Å². The molecule has 0 N–H and O–H groups in total. The Labute approximate surface area is 111 Å². The first-order valence-corrected chi connectivity index (χ1v) is 6.53. The van der Waals surface area contributed by atoms with Gasteiger partial charge in [-0.25, -0.2) is 4.79 Å². The van der Waals surface area contributed by atoms with Crippen molar-refractivity contribution in [1.82, 2.24) is 0 Å². The lowest BCUT2D eigenvalue weighted by Crippen LogP contribution is -2.31. The third kappa shape index (κ3) is 3.77. The van der Waals surface area contributed by atoms with Gasteiger partial charge < -0.3 is 4.74 Å². The topological polar surface area (TPSA) is 69.4 Å². The fraction of sp³-hybridized carbons (Fsp3) is 0.500. The zero-order valence-electron chi connectivity index (χ0n) is 10.7. The minimum Gasteiger partial charge on any atom is -0.457 e. The zero-order valence-corrected chi connectivity index (χ0v) is 10.7. The summed E-state index contributed by atoms with van der Waals surface area (Å²) in [7, 11) is 0. The van der Waals surface area contributed by atoms with Crippen LogP contribution >= 0.6 is 0 Å². The van der Waals surface area contributed by atoms with Gasteiger partial charge in [0, 0.05) is 10.8 Å². The maximum atomic E-state index is 11.4. The fourth-order valence-electron chi connectivity index (χ4n) is 2.63. The Morgan fingerprint density at radius 1 is 1.26 bits per heavy atom. The van der Waals surface area contributed by atoms with Crippen LogP contribution in [-0.2, 0) is 9.53 Å². The van der Waals surface area contributed by atoms with E-state index in [1.165, 1.54) is 0 Å². The van der Waals surface area contributed by atoms with Gasteiger partial charge in [0.2, 0.25) is 0 Å². The van der Waals surface area contributed by atoms with Crippen molar-refractivity contribution in [3.63, 3.8) is 0 Å². The summed E-state index contributed by atoms with van der Waals surface area (Å²) in [5.41, 5.74) is 1.14. The van der Waals surface area contributed by atoms with Gasteiger partial charge in [-0.2, -0.15) is 0 Å². The number of nitrogens with zero attached hydrogens (tertiary/aromatic N) is 1. The maximum Gasteiger partial charge on any atom is 0.378 e. The molecular formula is C14H17NO4. The van der Waals surface area contributed by atoms with E-state index < -0.39 is 17.4 Å². The van der Waals surface area contributed by atoms with E-state index in [9.17, 15) is 14.9 Å². The molecule has 1 saturated carbocycles. The summed E-state index contributed by atoms with van der Waals surface area (Å²) in [6.07, 6.45) is 3.61. The molecule has 2 atom stereocenters. The van der Waals surface area contributed by atoms with Crippen molar-refractivity contribution in [1.29, 1.82) is 0 Å². The van der Waals surface area contributed by atoms with E-state index in [4.69, 9.17) is 4.74 Å². The Morgan fingerprint density at radius 2 is 1.95 bits per heavy atom. The highest BCUT2D eigenvalue weighted by atomic mass is 16.6. The quantitative estimate of drug-likeness (QED) is 0.475. The molecule has 5 heteroatoms. The summed E-state index contributed by atoms with van der Waals surface area (Å²) in [6.45, 7) is -0.752. The van der Waals surface area contributed by atoms with Gasteiger partial charge in [0.1, 0.15) is 6.10 Å². The van der Waals surface area contributed by atoms with Gasteiger partial charge in [0.05, 0.1) is 0 Å². The van der Waals surface area contributed by atoms with E-state index in [0.717, 1.165) is 31.2 Å². The average molecular weight is 263 g/mol. The van der Waals surface area contributed by atoms with Gasteiger partial charge >= 0.3 is 5.97 Å². The average Bonchev–Trinajstić information content (AvgIpc) is 2.39. The molecule has 0 radical (unpaired) electrons. The predicted molar refractivity (Wildman–Crippen MR) is 69.4 cm³/mol. The van der Waals surface area contributed by atoms with Crippen LogP contribution in [0.3, 0.4) is 0 Å². The van der Waals surface area contributed by atoms with Crippen LogP contribution in [0.4, 0.5) is 0 Å². The molecule has 0 aliphatic heterocycles. The summed E-state index contributed by atoms with van der Waals surface area (Å²) >= 11 is 0. The fourth-order valence-corrected chi connectivity index (χ4v) is 2.63. The standard InChI is InChI=1S/C14H17NO4/c16-14(10-15(17)18)19-13-9-5-4-8-12(13)11-6-2-1-3-7-11/h1-3,6-7,12-13H,4-5,8-10H2/t12-,13+/m1/s1. The second kappa shape index (κ2) is 6.31. The van der Waals surface area contributed by atoms with Gasteiger partial charge in [0.25, 0.3) is 6.54 Å². The predicted octanol–water partition coefficient (Wildman–Crippen LogP) is 2.53. The third-order valence-corrected chi connectivity index (χ3v) is 3.47. The normalized spacial score (nSPS) is 22.7. The van der Waals surface area contributed by atoms with Crippen LogP contribution < -0.4 is 0 Å². The summed E-state index contributed by atoms with van der Waals surface area (Å²) < 4.78 is 5.29. The van der Waals surface area contributed by atoms with Crippen LogP contribution in [0.5, 0.6) is 0 Å². The molecule has 102 valence electrons. The molecule has 0 spiro atoms. The molecule has 19 heavy (non-hydrogen) atoms. The van der Waals surface area contributed by atoms with Crippen LogP contribution in [0.15, 0.2) is 30.3 Å². The minimum absolute atomic E-state index is 0.158. The van der Waals surface area contributed by atoms with E-state index in [2.05, 4.69) is 0 Å². The van der Waals surface area contributed by atoms with Crippen LogP contribution in [0.2, 0.25) is 0 Å². The number of nitro groups is 1. The number of carbonyl (C=O) groups is 1. The smallest absolute Gasteiger partial charge is 0.378 e. The monoisotopic (exact) mass is 263 g/mol. The van der Waals surface area contributed by atoms with Crippen molar-refractivity contribution in [2.24, 2.45) is 0 Å². The van der Waals surface area contributed by atoms with Gasteiger partial charge in [-0.05, 0) is 24.8 Å². The number of benzene rings is 1. The molecule has 0 heterocycles. The summed E-state index contributed by atoms with van der Waals surface area (Å²) in [5.74, 6) is -0.580. The molecule has 1 aromatic carbocycles. The number of carbonyl (C=O) groups excluding carboxylic acids is 1. The lowest BCUT2D eigenvalue weighted by atomic mass is 9.81. The Kier molecular flexibility index (Phi) is 4.49. The highest BCUT2D eigenvalue weighted by Crippen LogP contribution is 2.34. The van der Waals surface area contributed by atoms with Crippen molar-refractivity contribution in [2.75, 3.05) is 6.54 Å². The highest BCUT2D eigenvalue weighted by Gasteiger charge is 2.30. The van der Waals surface area contributed by atoms with E-state index in [-0.39, 0.29) is 12.0 Å². The highest BCUT2D eigenvalue weighted by molar-refractivity contribution is 5.70. The molecule has 2 rings (SSSR count). The molecule has 1 aromatic rings.